The smallest absolute Gasteiger partial charge is 0.255 e. The van der Waals surface area contributed by atoms with Gasteiger partial charge < -0.3 is 9.80 Å². The number of piperazine rings is 1. The monoisotopic (exact) mass is 337 g/mol. The van der Waals surface area contributed by atoms with E-state index in [2.05, 4.69) is 4.90 Å². The van der Waals surface area contributed by atoms with Gasteiger partial charge in [0.1, 0.15) is 0 Å². The van der Waals surface area contributed by atoms with Crippen LogP contribution in [0.1, 0.15) is 34.0 Å². The molecule has 0 atom stereocenters. The Balaban J connectivity index is 1.87. The molecule has 1 aromatic heterocycles. The van der Waals surface area contributed by atoms with Crippen LogP contribution in [0.2, 0.25) is 0 Å². The molecule has 0 N–H and O–H groups in total. The summed E-state index contributed by atoms with van der Waals surface area (Å²) in [7, 11) is 0. The third kappa shape index (κ3) is 4.32. The first-order chi connectivity index (χ1) is 11.0. The van der Waals surface area contributed by atoms with Gasteiger partial charge in [0.2, 0.25) is 5.91 Å². The highest BCUT2D eigenvalue weighted by molar-refractivity contribution is 7.12. The fourth-order valence-corrected chi connectivity index (χ4v) is 3.91. The lowest BCUT2D eigenvalue weighted by Gasteiger charge is -2.35. The number of aryl methyl sites for hydroxylation is 2. The van der Waals surface area contributed by atoms with Crippen molar-refractivity contribution in [3.63, 3.8) is 0 Å². The summed E-state index contributed by atoms with van der Waals surface area (Å²) in [4.78, 5) is 32.9. The standard InChI is InChI=1S/C17H27N3O2S/c1-5-19(6-2)16(21)12-18-7-9-20(10-8-18)17(22)15-11-13(3)23-14(15)4/h11H,5-10,12H2,1-4H3. The zero-order chi connectivity index (χ0) is 17.0. The van der Waals surface area contributed by atoms with Crippen LogP contribution in [0.5, 0.6) is 0 Å². The number of thiophene rings is 1. The minimum Gasteiger partial charge on any atom is -0.342 e. The van der Waals surface area contributed by atoms with Crippen molar-refractivity contribution < 1.29 is 9.59 Å². The van der Waals surface area contributed by atoms with E-state index in [4.69, 9.17) is 0 Å². The number of rotatable bonds is 5. The van der Waals surface area contributed by atoms with E-state index in [0.717, 1.165) is 36.6 Å². The lowest BCUT2D eigenvalue weighted by atomic mass is 10.2. The van der Waals surface area contributed by atoms with Gasteiger partial charge in [-0.15, -0.1) is 11.3 Å². The van der Waals surface area contributed by atoms with E-state index in [1.807, 2.05) is 43.6 Å². The Labute approximate surface area is 142 Å². The van der Waals surface area contributed by atoms with Gasteiger partial charge in [-0.1, -0.05) is 0 Å². The number of nitrogens with zero attached hydrogens (tertiary/aromatic N) is 3. The molecule has 5 nitrogen and oxygen atoms in total. The van der Waals surface area contributed by atoms with Gasteiger partial charge in [0.15, 0.2) is 0 Å². The molecule has 1 aliphatic rings. The summed E-state index contributed by atoms with van der Waals surface area (Å²) in [6.07, 6.45) is 0. The fourth-order valence-electron chi connectivity index (χ4n) is 2.99. The first-order valence-electron chi connectivity index (χ1n) is 8.32. The minimum atomic E-state index is 0.126. The Bertz CT molecular complexity index is 558. The number of hydrogen-bond acceptors (Lipinski definition) is 4. The van der Waals surface area contributed by atoms with Crippen molar-refractivity contribution in [2.75, 3.05) is 45.8 Å². The highest BCUT2D eigenvalue weighted by Gasteiger charge is 2.25. The van der Waals surface area contributed by atoms with Gasteiger partial charge in [-0.3, -0.25) is 14.5 Å². The number of carbonyl (C=O) groups is 2. The van der Waals surface area contributed by atoms with Crippen molar-refractivity contribution in [1.82, 2.24) is 14.7 Å². The fraction of sp³-hybridized carbons (Fsp3) is 0.647. The molecule has 2 rings (SSSR count). The van der Waals surface area contributed by atoms with E-state index >= 15 is 0 Å². The van der Waals surface area contributed by atoms with Crippen LogP contribution in [0.4, 0.5) is 0 Å². The Kier molecular flexibility index (Phi) is 6.18. The summed E-state index contributed by atoms with van der Waals surface area (Å²) in [5, 5.41) is 0. The zero-order valence-electron chi connectivity index (χ0n) is 14.6. The summed E-state index contributed by atoms with van der Waals surface area (Å²) in [5.41, 5.74) is 0.833. The molecule has 0 aromatic carbocycles. The van der Waals surface area contributed by atoms with Gasteiger partial charge in [-0.2, -0.15) is 0 Å². The summed E-state index contributed by atoms with van der Waals surface area (Å²) >= 11 is 1.67. The molecule has 0 spiro atoms. The quantitative estimate of drug-likeness (QED) is 0.825. The maximum Gasteiger partial charge on any atom is 0.255 e. The van der Waals surface area contributed by atoms with Crippen molar-refractivity contribution in [2.24, 2.45) is 0 Å². The van der Waals surface area contributed by atoms with Crippen LogP contribution in [0.3, 0.4) is 0 Å². The molecule has 0 unspecified atom stereocenters. The van der Waals surface area contributed by atoms with Gasteiger partial charge in [-0.05, 0) is 33.8 Å². The number of hydrogen-bond donors (Lipinski definition) is 0. The van der Waals surface area contributed by atoms with E-state index in [1.54, 1.807) is 11.3 Å². The first kappa shape index (κ1) is 17.9. The highest BCUT2D eigenvalue weighted by atomic mass is 32.1. The number of amides is 2. The van der Waals surface area contributed by atoms with E-state index in [-0.39, 0.29) is 11.8 Å². The van der Waals surface area contributed by atoms with Crippen molar-refractivity contribution in [1.29, 1.82) is 0 Å². The average Bonchev–Trinajstić information content (AvgIpc) is 2.87. The van der Waals surface area contributed by atoms with E-state index in [1.165, 1.54) is 4.88 Å². The van der Waals surface area contributed by atoms with Gasteiger partial charge in [-0.25, -0.2) is 0 Å². The van der Waals surface area contributed by atoms with Crippen molar-refractivity contribution in [3.8, 4) is 0 Å². The van der Waals surface area contributed by atoms with E-state index < -0.39 is 0 Å². The second kappa shape index (κ2) is 7.93. The van der Waals surface area contributed by atoms with Crippen molar-refractivity contribution >= 4 is 23.2 Å². The van der Waals surface area contributed by atoms with Crippen LogP contribution in [0.25, 0.3) is 0 Å². The lowest BCUT2D eigenvalue weighted by molar-refractivity contribution is -0.132. The third-order valence-electron chi connectivity index (χ3n) is 4.41. The molecule has 2 amide bonds. The van der Waals surface area contributed by atoms with Gasteiger partial charge in [0.05, 0.1) is 12.1 Å². The normalized spacial score (nSPS) is 15.7. The molecule has 2 heterocycles. The Morgan fingerprint density at radius 2 is 1.74 bits per heavy atom. The molecule has 0 aliphatic carbocycles. The van der Waals surface area contributed by atoms with Gasteiger partial charge >= 0.3 is 0 Å². The summed E-state index contributed by atoms with van der Waals surface area (Å²) in [6, 6.07) is 1.98. The molecule has 1 aliphatic heterocycles. The van der Waals surface area contributed by atoms with Crippen molar-refractivity contribution in [3.05, 3.63) is 21.4 Å². The molecule has 1 fully saturated rings. The summed E-state index contributed by atoms with van der Waals surface area (Å²) < 4.78 is 0. The van der Waals surface area contributed by atoms with Crippen LogP contribution >= 0.6 is 11.3 Å². The van der Waals surface area contributed by atoms with E-state index in [0.29, 0.717) is 19.6 Å². The molecular weight excluding hydrogens is 310 g/mol. The van der Waals surface area contributed by atoms with Gasteiger partial charge in [0.25, 0.3) is 5.91 Å². The predicted molar refractivity (Wildman–Crippen MR) is 94.1 cm³/mol. The van der Waals surface area contributed by atoms with E-state index in [9.17, 15) is 9.59 Å². The molecule has 23 heavy (non-hydrogen) atoms. The predicted octanol–water partition coefficient (Wildman–Crippen LogP) is 1.99. The maximum absolute atomic E-state index is 12.6. The molecule has 1 aromatic rings. The first-order valence-corrected chi connectivity index (χ1v) is 9.14. The topological polar surface area (TPSA) is 43.9 Å². The van der Waals surface area contributed by atoms with Gasteiger partial charge in [0, 0.05) is 49.0 Å². The Morgan fingerprint density at radius 3 is 2.22 bits per heavy atom. The van der Waals surface area contributed by atoms with Crippen molar-refractivity contribution in [2.45, 2.75) is 27.7 Å². The molecule has 0 bridgehead atoms. The molecular formula is C17H27N3O2S. The average molecular weight is 337 g/mol. The lowest BCUT2D eigenvalue weighted by Crippen LogP contribution is -2.51. The maximum atomic E-state index is 12.6. The van der Waals surface area contributed by atoms with Crippen LogP contribution in [0.15, 0.2) is 6.07 Å². The minimum absolute atomic E-state index is 0.126. The summed E-state index contributed by atoms with van der Waals surface area (Å²) in [5.74, 6) is 0.306. The second-order valence-electron chi connectivity index (χ2n) is 5.96. The molecule has 1 saturated heterocycles. The highest BCUT2D eigenvalue weighted by Crippen LogP contribution is 2.22. The molecule has 0 saturated carbocycles. The SMILES string of the molecule is CCN(CC)C(=O)CN1CCN(C(=O)c2cc(C)sc2C)CC1. The number of likely N-dealkylation sites (N-methyl/N-ethyl adjacent to an activating group) is 1. The molecule has 128 valence electrons. The third-order valence-corrected chi connectivity index (χ3v) is 5.37. The second-order valence-corrected chi connectivity index (χ2v) is 7.42. The molecule has 6 heteroatoms. The van der Waals surface area contributed by atoms with Crippen LogP contribution in [-0.2, 0) is 4.79 Å². The number of carbonyl (C=O) groups excluding carboxylic acids is 2. The Hall–Kier alpha value is -1.40. The Morgan fingerprint density at radius 1 is 1.13 bits per heavy atom. The molecule has 0 radical (unpaired) electrons. The summed E-state index contributed by atoms with van der Waals surface area (Å²) in [6.45, 7) is 12.9. The van der Waals surface area contributed by atoms with Crippen LogP contribution in [0, 0.1) is 13.8 Å². The van der Waals surface area contributed by atoms with Crippen LogP contribution < -0.4 is 0 Å². The largest absolute Gasteiger partial charge is 0.342 e. The zero-order valence-corrected chi connectivity index (χ0v) is 15.4. The van der Waals surface area contributed by atoms with Crippen LogP contribution in [-0.4, -0.2) is 72.3 Å².